The second-order valence-corrected chi connectivity index (χ2v) is 8.14. The number of hydrogen-bond donors (Lipinski definition) is 0. The van der Waals surface area contributed by atoms with Crippen molar-refractivity contribution in [3.05, 3.63) is 78.4 Å². The van der Waals surface area contributed by atoms with Crippen LogP contribution < -0.4 is 14.4 Å². The lowest BCUT2D eigenvalue weighted by Crippen LogP contribution is -2.38. The Balaban J connectivity index is 1.95. The number of esters is 1. The van der Waals surface area contributed by atoms with Gasteiger partial charge in [-0.15, -0.1) is 13.2 Å². The molecule has 0 bridgehead atoms. The summed E-state index contributed by atoms with van der Waals surface area (Å²) in [6.45, 7) is 2.54. The number of alkyl halides is 3. The molecular weight excluding hydrogens is 487 g/mol. The van der Waals surface area contributed by atoms with Crippen LogP contribution in [0.3, 0.4) is 0 Å². The summed E-state index contributed by atoms with van der Waals surface area (Å²) in [6, 6.07) is 20.2. The molecule has 0 aliphatic heterocycles. The monoisotopic (exact) mass is 515 g/mol. The average molecular weight is 516 g/mol. The fourth-order valence-electron chi connectivity index (χ4n) is 3.71. The van der Waals surface area contributed by atoms with Gasteiger partial charge in [-0.3, -0.25) is 9.69 Å². The van der Waals surface area contributed by atoms with E-state index in [1.165, 1.54) is 29.2 Å². The highest BCUT2D eigenvalue weighted by Gasteiger charge is 2.31. The number of ether oxygens (including phenoxy) is 3. The Kier molecular flexibility index (Phi) is 9.54. The van der Waals surface area contributed by atoms with Gasteiger partial charge in [0.25, 0.3) is 0 Å². The fraction of sp³-hybridized carbons (Fsp3) is 0.286. The Morgan fingerprint density at radius 2 is 1.59 bits per heavy atom. The van der Waals surface area contributed by atoms with Crippen LogP contribution in [0, 0.1) is 0 Å². The third-order valence-electron chi connectivity index (χ3n) is 5.43. The highest BCUT2D eigenvalue weighted by atomic mass is 19.4. The van der Waals surface area contributed by atoms with Gasteiger partial charge in [-0.25, -0.2) is 4.79 Å². The van der Waals surface area contributed by atoms with Crippen LogP contribution >= 0.6 is 0 Å². The second-order valence-electron chi connectivity index (χ2n) is 8.14. The van der Waals surface area contributed by atoms with Gasteiger partial charge in [0.05, 0.1) is 19.4 Å². The van der Waals surface area contributed by atoms with E-state index in [1.54, 1.807) is 18.2 Å². The fourth-order valence-corrected chi connectivity index (χ4v) is 3.71. The molecule has 0 fully saturated rings. The first-order chi connectivity index (χ1) is 17.7. The third-order valence-corrected chi connectivity index (χ3v) is 5.43. The second kappa shape index (κ2) is 12.8. The minimum absolute atomic E-state index is 0.215. The highest BCUT2D eigenvalue weighted by Crippen LogP contribution is 2.35. The van der Waals surface area contributed by atoms with Gasteiger partial charge < -0.3 is 14.2 Å². The maximum absolute atomic E-state index is 13.0. The lowest BCUT2D eigenvalue weighted by molar-refractivity contribution is -0.274. The topological polar surface area (TPSA) is 65.1 Å². The summed E-state index contributed by atoms with van der Waals surface area (Å²) in [6.07, 6.45) is -2.83. The molecule has 3 aromatic carbocycles. The van der Waals surface area contributed by atoms with Crippen molar-refractivity contribution in [3.8, 4) is 22.6 Å². The number of carbonyl (C=O) groups excluding carboxylic acids is 2. The van der Waals surface area contributed by atoms with E-state index in [4.69, 9.17) is 9.47 Å². The van der Waals surface area contributed by atoms with Crippen molar-refractivity contribution in [2.24, 2.45) is 0 Å². The van der Waals surface area contributed by atoms with E-state index in [-0.39, 0.29) is 12.3 Å². The first-order valence-corrected chi connectivity index (χ1v) is 11.8. The number of nitrogens with zero attached hydrogens (tertiary/aromatic N) is 1. The van der Waals surface area contributed by atoms with Crippen LogP contribution in [0.4, 0.5) is 18.9 Å². The number of aryl methyl sites for hydroxylation is 1. The molecule has 0 aliphatic rings. The van der Waals surface area contributed by atoms with Crippen LogP contribution in [0.1, 0.15) is 25.3 Å². The molecule has 0 saturated heterocycles. The summed E-state index contributed by atoms with van der Waals surface area (Å²) in [5, 5.41) is 0. The van der Waals surface area contributed by atoms with Crippen LogP contribution in [0.15, 0.2) is 72.8 Å². The van der Waals surface area contributed by atoms with Gasteiger partial charge in [-0.2, -0.15) is 0 Å². The molecule has 0 saturated carbocycles. The predicted molar refractivity (Wildman–Crippen MR) is 133 cm³/mol. The predicted octanol–water partition coefficient (Wildman–Crippen LogP) is 6.18. The van der Waals surface area contributed by atoms with Gasteiger partial charge in [-0.1, -0.05) is 55.5 Å². The number of carbonyl (C=O) groups is 2. The van der Waals surface area contributed by atoms with Gasteiger partial charge in [0, 0.05) is 6.54 Å². The van der Waals surface area contributed by atoms with E-state index >= 15 is 0 Å². The lowest BCUT2D eigenvalue weighted by Gasteiger charge is -2.25. The van der Waals surface area contributed by atoms with E-state index in [9.17, 15) is 22.8 Å². The summed E-state index contributed by atoms with van der Waals surface area (Å²) in [5.41, 5.74) is 2.66. The minimum Gasteiger partial charge on any atom is -0.491 e. The maximum Gasteiger partial charge on any atom is 0.573 e. The van der Waals surface area contributed by atoms with Crippen LogP contribution in [-0.4, -0.2) is 38.5 Å². The molecule has 0 spiro atoms. The van der Waals surface area contributed by atoms with E-state index in [0.29, 0.717) is 42.0 Å². The van der Waals surface area contributed by atoms with E-state index in [1.807, 2.05) is 37.3 Å². The average Bonchev–Trinajstić information content (AvgIpc) is 2.89. The zero-order valence-electron chi connectivity index (χ0n) is 20.6. The van der Waals surface area contributed by atoms with Crippen molar-refractivity contribution in [2.45, 2.75) is 32.5 Å². The standard InChI is InChI=1S/C28H28F3NO5/c1-3-18-36-25-16-13-22(21-11-14-23(15-12-21)37-28(29,30)31)19-24(25)32(26(33)27(34)35-2)17-7-10-20-8-5-4-6-9-20/h4-6,8-9,11-16,19H,3,7,10,17-18H2,1-2H3. The number of anilines is 1. The molecule has 3 rings (SSSR count). The largest absolute Gasteiger partial charge is 0.573 e. The van der Waals surface area contributed by atoms with E-state index < -0.39 is 18.2 Å². The Labute approximate surface area is 213 Å². The Morgan fingerprint density at radius 3 is 2.22 bits per heavy atom. The van der Waals surface area contributed by atoms with Crippen molar-refractivity contribution in [1.29, 1.82) is 0 Å². The molecule has 6 nitrogen and oxygen atoms in total. The van der Waals surface area contributed by atoms with Crippen molar-refractivity contribution >= 4 is 17.6 Å². The van der Waals surface area contributed by atoms with Crippen molar-refractivity contribution in [1.82, 2.24) is 0 Å². The molecule has 37 heavy (non-hydrogen) atoms. The smallest absolute Gasteiger partial charge is 0.491 e. The van der Waals surface area contributed by atoms with Crippen molar-refractivity contribution < 1.29 is 37.0 Å². The van der Waals surface area contributed by atoms with Gasteiger partial charge in [0.2, 0.25) is 0 Å². The van der Waals surface area contributed by atoms with E-state index in [0.717, 1.165) is 19.1 Å². The summed E-state index contributed by atoms with van der Waals surface area (Å²) in [5.74, 6) is -1.80. The van der Waals surface area contributed by atoms with E-state index in [2.05, 4.69) is 4.74 Å². The zero-order chi connectivity index (χ0) is 26.8. The van der Waals surface area contributed by atoms with Crippen molar-refractivity contribution in [3.63, 3.8) is 0 Å². The number of benzene rings is 3. The third kappa shape index (κ3) is 7.99. The van der Waals surface area contributed by atoms with Gasteiger partial charge in [-0.05, 0) is 60.2 Å². The van der Waals surface area contributed by atoms with Crippen LogP contribution in [0.2, 0.25) is 0 Å². The normalized spacial score (nSPS) is 11.1. The first-order valence-electron chi connectivity index (χ1n) is 11.8. The molecule has 0 aromatic heterocycles. The van der Waals surface area contributed by atoms with Crippen LogP contribution in [0.5, 0.6) is 11.5 Å². The highest BCUT2D eigenvalue weighted by molar-refractivity contribution is 6.38. The van der Waals surface area contributed by atoms with Crippen LogP contribution in [0.25, 0.3) is 11.1 Å². The number of amides is 1. The quantitative estimate of drug-likeness (QED) is 0.238. The summed E-state index contributed by atoms with van der Waals surface area (Å²) in [7, 11) is 1.14. The molecule has 1 amide bonds. The molecule has 0 radical (unpaired) electrons. The number of halogens is 3. The lowest BCUT2D eigenvalue weighted by atomic mass is 10.0. The number of rotatable bonds is 10. The summed E-state index contributed by atoms with van der Waals surface area (Å²) < 4.78 is 52.1. The SMILES string of the molecule is CCCOc1ccc(-c2ccc(OC(F)(F)F)cc2)cc1N(CCCc1ccccc1)C(=O)C(=O)OC. The Morgan fingerprint density at radius 1 is 0.919 bits per heavy atom. The molecule has 0 unspecified atom stereocenters. The maximum atomic E-state index is 13.0. The Bertz CT molecular complexity index is 1180. The minimum atomic E-state index is -4.79. The number of hydrogen-bond acceptors (Lipinski definition) is 5. The molecule has 3 aromatic rings. The van der Waals surface area contributed by atoms with Gasteiger partial charge in [0.15, 0.2) is 0 Å². The van der Waals surface area contributed by atoms with Crippen LogP contribution in [-0.2, 0) is 20.7 Å². The summed E-state index contributed by atoms with van der Waals surface area (Å²) in [4.78, 5) is 26.6. The number of methoxy groups -OCH3 is 1. The van der Waals surface area contributed by atoms with Gasteiger partial charge in [0.1, 0.15) is 11.5 Å². The molecule has 0 atom stereocenters. The molecular formula is C28H28F3NO5. The molecule has 196 valence electrons. The summed E-state index contributed by atoms with van der Waals surface area (Å²) >= 11 is 0. The first kappa shape index (κ1) is 27.6. The Hall–Kier alpha value is -4.01. The molecule has 0 N–H and O–H groups in total. The zero-order valence-corrected chi connectivity index (χ0v) is 20.6. The van der Waals surface area contributed by atoms with Gasteiger partial charge >= 0.3 is 18.2 Å². The van der Waals surface area contributed by atoms with Crippen molar-refractivity contribution in [2.75, 3.05) is 25.2 Å². The molecule has 0 aliphatic carbocycles. The molecule has 0 heterocycles. The molecule has 9 heteroatoms.